The number of rotatable bonds is 7. The van der Waals surface area contributed by atoms with E-state index < -0.39 is 29.2 Å². The summed E-state index contributed by atoms with van der Waals surface area (Å²) in [5.74, 6) is -0.700. The minimum atomic E-state index is -1.19. The molecule has 2 aliphatic rings. The van der Waals surface area contributed by atoms with Gasteiger partial charge in [0.05, 0.1) is 12.1 Å². The molecule has 1 unspecified atom stereocenters. The molecule has 12 nitrogen and oxygen atoms in total. The molecule has 170 valence electrons. The van der Waals surface area contributed by atoms with E-state index in [1.165, 1.54) is 33.8 Å². The summed E-state index contributed by atoms with van der Waals surface area (Å²) in [6, 6.07) is -0.848. The molecule has 0 saturated carbocycles. The fourth-order valence-corrected chi connectivity index (χ4v) is 6.41. The largest absolute Gasteiger partial charge is 0.477 e. The van der Waals surface area contributed by atoms with Crippen molar-refractivity contribution >= 4 is 52.6 Å². The van der Waals surface area contributed by atoms with Gasteiger partial charge in [0, 0.05) is 23.9 Å². The normalized spacial score (nSPS) is 20.2. The van der Waals surface area contributed by atoms with Gasteiger partial charge < -0.3 is 20.2 Å². The number of hydrogen-bond acceptors (Lipinski definition) is 10. The van der Waals surface area contributed by atoms with Gasteiger partial charge in [0.2, 0.25) is 10.7 Å². The lowest BCUT2D eigenvalue weighted by molar-refractivity contribution is -0.150. The van der Waals surface area contributed by atoms with Gasteiger partial charge in [0.15, 0.2) is 5.16 Å². The van der Waals surface area contributed by atoms with E-state index in [1.807, 2.05) is 14.0 Å². The average molecular weight is 498 g/mol. The first-order chi connectivity index (χ1) is 15.2. The van der Waals surface area contributed by atoms with Crippen LogP contribution >= 0.6 is 34.9 Å². The van der Waals surface area contributed by atoms with Crippen LogP contribution in [0.25, 0.3) is 0 Å². The highest BCUT2D eigenvalue weighted by atomic mass is 32.2. The van der Waals surface area contributed by atoms with Crippen LogP contribution < -0.4 is 10.1 Å². The van der Waals surface area contributed by atoms with E-state index in [4.69, 9.17) is 5.41 Å². The zero-order chi connectivity index (χ0) is 23.2. The summed E-state index contributed by atoms with van der Waals surface area (Å²) in [6.45, 7) is 1.82. The van der Waals surface area contributed by atoms with Crippen LogP contribution in [0.3, 0.4) is 0 Å². The molecule has 2 aliphatic heterocycles. The molecule has 32 heavy (non-hydrogen) atoms. The average Bonchev–Trinajstić information content (AvgIpc) is 3.25. The SMILES string of the molecule is Cc1nnc(SCC2=C(C(=O)O)N3C(=O)C(NC(=O)Cc4csc(=N)n4O)[C@@H]3SC2)n1C. The summed E-state index contributed by atoms with van der Waals surface area (Å²) in [4.78, 5) is 38.1. The van der Waals surface area contributed by atoms with Crippen molar-refractivity contribution in [3.05, 3.63) is 33.0 Å². The van der Waals surface area contributed by atoms with Gasteiger partial charge in [-0.05, 0) is 12.5 Å². The van der Waals surface area contributed by atoms with Gasteiger partial charge in [-0.25, -0.2) is 4.79 Å². The van der Waals surface area contributed by atoms with Gasteiger partial charge in [-0.1, -0.05) is 11.8 Å². The number of amides is 2. The Morgan fingerprint density at radius 1 is 1.41 bits per heavy atom. The molecule has 4 N–H and O–H groups in total. The van der Waals surface area contributed by atoms with Gasteiger partial charge in [-0.2, -0.15) is 4.73 Å². The number of carboxylic acids is 1. The van der Waals surface area contributed by atoms with Gasteiger partial charge in [0.1, 0.15) is 22.9 Å². The highest BCUT2D eigenvalue weighted by molar-refractivity contribution is 8.01. The Morgan fingerprint density at radius 3 is 2.75 bits per heavy atom. The molecule has 4 heterocycles. The topological polar surface area (TPSA) is 166 Å². The van der Waals surface area contributed by atoms with Gasteiger partial charge in [0.25, 0.3) is 5.91 Å². The summed E-state index contributed by atoms with van der Waals surface area (Å²) in [6.07, 6.45) is -0.201. The maximum absolute atomic E-state index is 12.7. The Balaban J connectivity index is 1.45. The van der Waals surface area contributed by atoms with Crippen LogP contribution in [0.5, 0.6) is 0 Å². The quantitative estimate of drug-likeness (QED) is 0.230. The summed E-state index contributed by atoms with van der Waals surface area (Å²) in [5, 5.41) is 39.2. The number of carboxylic acid groups (broad SMARTS) is 1. The van der Waals surface area contributed by atoms with Crippen LogP contribution in [-0.2, 0) is 27.9 Å². The molecule has 2 aromatic heterocycles. The first-order valence-corrected chi connectivity index (χ1v) is 12.2. The molecule has 2 aromatic rings. The van der Waals surface area contributed by atoms with Crippen LogP contribution in [0.4, 0.5) is 0 Å². The van der Waals surface area contributed by atoms with Crippen molar-refractivity contribution in [1.82, 2.24) is 29.7 Å². The lowest BCUT2D eigenvalue weighted by Crippen LogP contribution is -2.70. The Kier molecular flexibility index (Phi) is 6.05. The predicted octanol–water partition coefficient (Wildman–Crippen LogP) is -0.223. The summed E-state index contributed by atoms with van der Waals surface area (Å²) >= 11 is 3.71. The van der Waals surface area contributed by atoms with E-state index in [-0.39, 0.29) is 22.6 Å². The molecule has 1 saturated heterocycles. The number of aryl methyl sites for hydroxylation is 1. The number of fused-ring (bicyclic) bond motifs is 1. The van der Waals surface area contributed by atoms with Crippen LogP contribution in [0.15, 0.2) is 21.8 Å². The van der Waals surface area contributed by atoms with Crippen LogP contribution in [0, 0.1) is 12.3 Å². The number of thioether (sulfide) groups is 2. The smallest absolute Gasteiger partial charge is 0.352 e. The van der Waals surface area contributed by atoms with E-state index in [1.54, 1.807) is 4.57 Å². The Morgan fingerprint density at radius 2 is 2.16 bits per heavy atom. The zero-order valence-corrected chi connectivity index (χ0v) is 19.4. The van der Waals surface area contributed by atoms with E-state index >= 15 is 0 Å². The van der Waals surface area contributed by atoms with Crippen molar-refractivity contribution < 1.29 is 24.7 Å². The van der Waals surface area contributed by atoms with Crippen LogP contribution in [0.1, 0.15) is 11.5 Å². The number of hydrogen-bond donors (Lipinski definition) is 4. The molecule has 0 radical (unpaired) electrons. The van der Waals surface area contributed by atoms with Gasteiger partial charge in [-0.3, -0.25) is 19.9 Å². The summed E-state index contributed by atoms with van der Waals surface area (Å²) < 4.78 is 2.42. The minimum absolute atomic E-state index is 0.0551. The second kappa shape index (κ2) is 8.63. The third kappa shape index (κ3) is 3.91. The number of carbonyl (C=O) groups excluding carboxylic acids is 2. The van der Waals surface area contributed by atoms with Crippen molar-refractivity contribution in [2.75, 3.05) is 11.5 Å². The molecule has 0 aliphatic carbocycles. The third-order valence-electron chi connectivity index (χ3n) is 5.11. The molecule has 0 bridgehead atoms. The molecule has 2 amide bonds. The molecule has 15 heteroatoms. The maximum Gasteiger partial charge on any atom is 0.352 e. The van der Waals surface area contributed by atoms with E-state index in [2.05, 4.69) is 15.5 Å². The number of aromatic nitrogens is 4. The number of thiazole rings is 1. The fourth-order valence-electron chi connectivity index (χ4n) is 3.32. The molecule has 0 aromatic carbocycles. The monoisotopic (exact) mass is 497 g/mol. The zero-order valence-electron chi connectivity index (χ0n) is 16.9. The van der Waals surface area contributed by atoms with Crippen molar-refractivity contribution in [3.63, 3.8) is 0 Å². The molecule has 1 fully saturated rings. The minimum Gasteiger partial charge on any atom is -0.477 e. The van der Waals surface area contributed by atoms with Crippen LogP contribution in [-0.4, -0.2) is 75.4 Å². The first kappa shape index (κ1) is 22.4. The molecule has 2 atom stereocenters. The molecular weight excluding hydrogens is 478 g/mol. The van der Waals surface area contributed by atoms with Crippen molar-refractivity contribution in [2.45, 2.75) is 29.9 Å². The summed E-state index contributed by atoms with van der Waals surface area (Å²) in [5.41, 5.74) is 0.785. The van der Waals surface area contributed by atoms with E-state index in [0.29, 0.717) is 27.0 Å². The number of nitrogens with one attached hydrogen (secondary N) is 2. The molecule has 4 rings (SSSR count). The van der Waals surface area contributed by atoms with Crippen molar-refractivity contribution in [1.29, 1.82) is 5.41 Å². The maximum atomic E-state index is 12.7. The lowest BCUT2D eigenvalue weighted by atomic mass is 10.0. The van der Waals surface area contributed by atoms with Gasteiger partial charge >= 0.3 is 5.97 Å². The van der Waals surface area contributed by atoms with Crippen molar-refractivity contribution in [3.8, 4) is 0 Å². The second-order valence-corrected chi connectivity index (χ2v) is 10.0. The first-order valence-electron chi connectivity index (χ1n) is 9.30. The van der Waals surface area contributed by atoms with E-state index in [0.717, 1.165) is 17.2 Å². The predicted molar refractivity (Wildman–Crippen MR) is 115 cm³/mol. The van der Waals surface area contributed by atoms with E-state index in [9.17, 15) is 24.7 Å². The highest BCUT2D eigenvalue weighted by Crippen LogP contribution is 2.41. The van der Waals surface area contributed by atoms with Gasteiger partial charge in [-0.15, -0.1) is 33.3 Å². The second-order valence-electron chi connectivity index (χ2n) is 7.11. The number of aliphatic carboxylic acids is 1. The standard InChI is InChI=1S/C17H19N7O5S3/c1-7-20-21-17(22(7)2)32-5-8-4-30-14-11(13(26)23(14)12(8)15(27)28)19-10(25)3-9-6-31-16(18)24(9)29/h6,11,14,18,29H,3-5H2,1-2H3,(H,19,25)(H,27,28)/t11?,14-/m0/s1. The lowest BCUT2D eigenvalue weighted by Gasteiger charge is -2.49. The highest BCUT2D eigenvalue weighted by Gasteiger charge is 2.54. The Labute approximate surface area is 193 Å². The Hall–Kier alpha value is -2.78. The third-order valence-corrected chi connectivity index (χ3v) is 8.34. The summed E-state index contributed by atoms with van der Waals surface area (Å²) in [7, 11) is 1.82. The van der Waals surface area contributed by atoms with Crippen molar-refractivity contribution in [2.24, 2.45) is 7.05 Å². The number of nitrogens with zero attached hydrogens (tertiary/aromatic N) is 5. The molecular formula is C17H19N7O5S3. The molecule has 0 spiro atoms. The Bertz CT molecular complexity index is 1200. The fraction of sp³-hybridized carbons (Fsp3) is 0.412. The van der Waals surface area contributed by atoms with Crippen LogP contribution in [0.2, 0.25) is 0 Å². The number of β-lactam (4-membered cyclic amide) rings is 1. The number of carbonyl (C=O) groups is 3.